The fourth-order valence-corrected chi connectivity index (χ4v) is 11.6. The Hall–Kier alpha value is -2.56. The Labute approximate surface area is 442 Å². The first kappa shape index (κ1) is 58.7. The molecule has 0 unspecified atom stereocenters. The van der Waals surface area contributed by atoms with Crippen LogP contribution in [0.3, 0.4) is 0 Å². The van der Waals surface area contributed by atoms with Crippen molar-refractivity contribution in [3.8, 4) is 17.0 Å². The molecule has 22 heteroatoms. The van der Waals surface area contributed by atoms with Crippen molar-refractivity contribution in [2.24, 2.45) is 17.8 Å². The number of rotatable bonds is 15. The zero-order valence-electron chi connectivity index (χ0n) is 43.9. The Kier molecular flexibility index (Phi) is 20.4. The van der Waals surface area contributed by atoms with Gasteiger partial charge in [0.15, 0.2) is 16.7 Å². The second-order valence-electron chi connectivity index (χ2n) is 21.3. The molecule has 20 nitrogen and oxygen atoms in total. The Morgan fingerprint density at radius 1 is 0.972 bits per heavy atom. The van der Waals surface area contributed by atoms with Gasteiger partial charge in [0.25, 0.3) is 0 Å². The number of hydrogen-bond donors (Lipinski definition) is 5. The standard InChI is InChI=1S/C50H80IN7O13S/c1-28-23-48(7,63)44(30(3)41(69-39-24-49(8,65-12)43(61)33(6)68-39)31(4)45(62)71-47(51)50(9,64)42(60)32(5)57(11)25-28)70-46-40(59)38(22-29(2)67-46)56(10)20-18-35-26-58(54-52-35)19-13-21-66-36-16-14-34(15-17-36)37-27-72-55-53-37/h14-17,26-33,38-44,46-47,59-61,63-64H,13,18-25H2,1-12H3/t28-,29-,30+,31-,32-,33+,38+,39+,40-,41+,42-,43+,44-,46+,47+,48-,49-,50+/m1/s1. The minimum atomic E-state index is -1.86. The average molecular weight is 1150 g/mol. The Balaban J connectivity index is 1.18. The van der Waals surface area contributed by atoms with Gasteiger partial charge in [-0.2, -0.15) is 0 Å². The number of carbonyl (C=O) groups is 1. The maximum atomic E-state index is 14.3. The first-order valence-corrected chi connectivity index (χ1v) is 27.2. The van der Waals surface area contributed by atoms with Crippen LogP contribution in [0.4, 0.5) is 0 Å². The van der Waals surface area contributed by atoms with Gasteiger partial charge in [-0.1, -0.05) is 23.5 Å². The zero-order chi connectivity index (χ0) is 52.9. The number of esters is 1. The van der Waals surface area contributed by atoms with Gasteiger partial charge in [0, 0.05) is 81.1 Å². The third-order valence-electron chi connectivity index (χ3n) is 15.1. The number of likely N-dealkylation sites (N-methyl/N-ethyl adjacent to an activating group) is 2. The summed E-state index contributed by atoms with van der Waals surface area (Å²) in [5.74, 6) is -2.03. The van der Waals surface area contributed by atoms with Crippen molar-refractivity contribution in [2.75, 3.05) is 40.9 Å². The maximum Gasteiger partial charge on any atom is 0.312 e. The number of methoxy groups -OCH3 is 1. The molecule has 3 aliphatic heterocycles. The van der Waals surface area contributed by atoms with E-state index in [1.807, 2.05) is 98.2 Å². The molecule has 18 atom stereocenters. The summed E-state index contributed by atoms with van der Waals surface area (Å²) in [6.07, 6.45) is -4.92. The van der Waals surface area contributed by atoms with Crippen LogP contribution in [-0.4, -0.2) is 195 Å². The fraction of sp³-hybridized carbons (Fsp3) is 0.780. The lowest BCUT2D eigenvalue weighted by Crippen LogP contribution is -2.60. The normalized spacial score (nSPS) is 39.0. The summed E-state index contributed by atoms with van der Waals surface area (Å²) in [7, 11) is 5.27. The molecule has 0 saturated carbocycles. The van der Waals surface area contributed by atoms with Gasteiger partial charge in [-0.25, -0.2) is 0 Å². The molecule has 0 amide bonds. The highest BCUT2D eigenvalue weighted by molar-refractivity contribution is 14.1. The molecular formula is C50H80IN7O13S. The number of aryl methyl sites for hydroxylation is 1. The van der Waals surface area contributed by atoms with Crippen LogP contribution in [0.5, 0.6) is 5.75 Å². The van der Waals surface area contributed by atoms with Gasteiger partial charge >= 0.3 is 5.97 Å². The predicted octanol–water partition coefficient (Wildman–Crippen LogP) is 4.08. The summed E-state index contributed by atoms with van der Waals surface area (Å²) in [5.41, 5.74) is -1.93. The van der Waals surface area contributed by atoms with Gasteiger partial charge in [0.05, 0.1) is 53.8 Å². The summed E-state index contributed by atoms with van der Waals surface area (Å²) in [5, 5.41) is 74.1. The SMILES string of the molecule is CO[C@]1(C)C[C@H](O[C@H]2[C@H](C)[C@@H](O[C@@H]3O[C@H](C)C[C@H](N(C)CCc4cn(CCCOc5ccc(-c6csnn6)cc5)nn4)[C@H]3O)[C@](C)(O)C[C@@H](C)CN(C)[C@H](C)[C@@H](O)[C@](C)(O)[C@@H](I)OC(=O)[C@@H]2C)O[C@@H](C)[C@@H]1O. The summed E-state index contributed by atoms with van der Waals surface area (Å²) in [4.78, 5) is 18.3. The van der Waals surface area contributed by atoms with Gasteiger partial charge in [0.1, 0.15) is 35.4 Å². The lowest BCUT2D eigenvalue weighted by Gasteiger charge is -2.49. The van der Waals surface area contributed by atoms with Crippen molar-refractivity contribution >= 4 is 40.1 Å². The number of aliphatic hydroxyl groups excluding tert-OH is 3. The molecule has 3 aliphatic rings. The molecule has 72 heavy (non-hydrogen) atoms. The molecule has 0 spiro atoms. The van der Waals surface area contributed by atoms with E-state index >= 15 is 0 Å². The second-order valence-corrected chi connectivity index (χ2v) is 23.1. The van der Waals surface area contributed by atoms with Crippen molar-refractivity contribution in [3.63, 3.8) is 0 Å². The van der Waals surface area contributed by atoms with Crippen molar-refractivity contribution in [2.45, 2.75) is 189 Å². The molecule has 2 aromatic heterocycles. The van der Waals surface area contributed by atoms with E-state index in [4.69, 9.17) is 33.2 Å². The van der Waals surface area contributed by atoms with Crippen LogP contribution in [0, 0.1) is 17.8 Å². The smallest absolute Gasteiger partial charge is 0.312 e. The van der Waals surface area contributed by atoms with Crippen molar-refractivity contribution in [3.05, 3.63) is 41.5 Å². The number of aromatic nitrogens is 5. The summed E-state index contributed by atoms with van der Waals surface area (Å²) in [6.45, 7) is 17.8. The topological polar surface area (TPSA) is 246 Å². The van der Waals surface area contributed by atoms with Crippen LogP contribution in [0.1, 0.15) is 93.7 Å². The highest BCUT2D eigenvalue weighted by Crippen LogP contribution is 2.40. The molecule has 6 rings (SSSR count). The zero-order valence-corrected chi connectivity index (χ0v) is 46.9. The van der Waals surface area contributed by atoms with Gasteiger partial charge in [-0.3, -0.25) is 9.48 Å². The summed E-state index contributed by atoms with van der Waals surface area (Å²) >= 11 is 3.14. The largest absolute Gasteiger partial charge is 0.494 e. The number of cyclic esters (lactones) is 1. The molecular weight excluding hydrogens is 1070 g/mol. The van der Waals surface area contributed by atoms with E-state index in [9.17, 15) is 30.3 Å². The van der Waals surface area contributed by atoms with E-state index in [1.165, 1.54) is 25.6 Å². The summed E-state index contributed by atoms with van der Waals surface area (Å²) < 4.78 is 48.6. The van der Waals surface area contributed by atoms with Gasteiger partial charge in [0.2, 0.25) is 0 Å². The molecule has 3 saturated heterocycles. The third kappa shape index (κ3) is 14.3. The Morgan fingerprint density at radius 3 is 2.35 bits per heavy atom. The lowest BCUT2D eigenvalue weighted by atomic mass is 9.77. The van der Waals surface area contributed by atoms with Crippen LogP contribution in [0.25, 0.3) is 11.3 Å². The van der Waals surface area contributed by atoms with Crippen LogP contribution >= 0.6 is 34.1 Å². The number of alkyl halides is 1. The first-order chi connectivity index (χ1) is 33.8. The van der Waals surface area contributed by atoms with E-state index in [0.717, 1.165) is 29.1 Å². The molecule has 3 aromatic rings. The number of ether oxygens (including phenoxy) is 7. The molecule has 0 aliphatic carbocycles. The quantitative estimate of drug-likeness (QED) is 0.0623. The van der Waals surface area contributed by atoms with Crippen molar-refractivity contribution in [1.29, 1.82) is 0 Å². The van der Waals surface area contributed by atoms with Gasteiger partial charge in [-0.15, -0.1) is 10.2 Å². The lowest BCUT2D eigenvalue weighted by molar-refractivity contribution is -0.318. The van der Waals surface area contributed by atoms with Crippen molar-refractivity contribution in [1.82, 2.24) is 34.4 Å². The van der Waals surface area contributed by atoms with Crippen LogP contribution in [-0.2, 0) is 46.2 Å². The van der Waals surface area contributed by atoms with E-state index in [-0.39, 0.29) is 24.9 Å². The Morgan fingerprint density at radius 2 is 1.68 bits per heavy atom. The molecule has 0 radical (unpaired) electrons. The number of carbonyl (C=O) groups excluding carboxylic acids is 1. The number of hydrogen-bond acceptors (Lipinski definition) is 20. The van der Waals surface area contributed by atoms with Gasteiger partial charge in [-0.05, 0) is 140 Å². The number of nitrogens with zero attached hydrogens (tertiary/aromatic N) is 7. The molecule has 406 valence electrons. The van der Waals surface area contributed by atoms with Crippen LogP contribution < -0.4 is 4.74 Å². The average Bonchev–Trinajstić information content (AvgIpc) is 4.05. The van der Waals surface area contributed by atoms with Crippen LogP contribution in [0.2, 0.25) is 0 Å². The second kappa shape index (κ2) is 25.1. The number of aliphatic hydroxyl groups is 5. The minimum Gasteiger partial charge on any atom is -0.494 e. The van der Waals surface area contributed by atoms with E-state index < -0.39 is 100 Å². The molecule has 3 fully saturated rings. The summed E-state index contributed by atoms with van der Waals surface area (Å²) in [6, 6.07) is 6.78. The van der Waals surface area contributed by atoms with Gasteiger partial charge < -0.3 is 68.5 Å². The monoisotopic (exact) mass is 1150 g/mol. The Bertz CT molecular complexity index is 2140. The van der Waals surface area contributed by atoms with Crippen LogP contribution in [0.15, 0.2) is 35.8 Å². The number of benzene rings is 1. The highest BCUT2D eigenvalue weighted by atomic mass is 127. The molecule has 5 N–H and O–H groups in total. The first-order valence-electron chi connectivity index (χ1n) is 25.1. The fourth-order valence-electron chi connectivity index (χ4n) is 10.5. The molecule has 0 bridgehead atoms. The molecule has 5 heterocycles. The van der Waals surface area contributed by atoms with E-state index in [1.54, 1.807) is 39.3 Å². The third-order valence-corrected chi connectivity index (χ3v) is 17.1. The highest BCUT2D eigenvalue weighted by Gasteiger charge is 2.53. The van der Waals surface area contributed by atoms with Crippen molar-refractivity contribution < 1.29 is 63.5 Å². The number of halogens is 1. The minimum absolute atomic E-state index is 0.101. The van der Waals surface area contributed by atoms with E-state index in [0.29, 0.717) is 39.1 Å². The predicted molar refractivity (Wildman–Crippen MR) is 276 cm³/mol. The molecule has 1 aromatic carbocycles. The maximum absolute atomic E-state index is 14.3. The van der Waals surface area contributed by atoms with E-state index in [2.05, 4.69) is 24.8 Å².